The summed E-state index contributed by atoms with van der Waals surface area (Å²) in [5, 5.41) is 21.2. The number of ether oxygens (including phenoxy) is 1. The van der Waals surface area contributed by atoms with Crippen molar-refractivity contribution in [3.8, 4) is 0 Å². The Labute approximate surface area is 162 Å². The largest absolute Gasteiger partial charge is 0.481 e. The molecule has 0 radical (unpaired) electrons. The fraction of sp³-hybridized carbons (Fsp3) is 0.818. The highest BCUT2D eigenvalue weighted by Gasteiger charge is 2.64. The van der Waals surface area contributed by atoms with Gasteiger partial charge in [0.05, 0.1) is 5.41 Å². The number of carbonyl (C=O) groups excluding carboxylic acids is 1. The summed E-state index contributed by atoms with van der Waals surface area (Å²) < 4.78 is 5.49. The SMILES string of the molecule is CC(=O)OC1CC2(C)CCC3(C(=O)O)C(C(C)C)CCC3C2C=CC1(C)O. The molecular formula is C22H34O5. The summed E-state index contributed by atoms with van der Waals surface area (Å²) in [6.45, 7) is 9.49. The molecular weight excluding hydrogens is 344 g/mol. The third-order valence-electron chi connectivity index (χ3n) is 7.92. The number of esters is 1. The third-order valence-corrected chi connectivity index (χ3v) is 7.92. The molecule has 27 heavy (non-hydrogen) atoms. The number of carbonyl (C=O) groups is 2. The number of hydrogen-bond acceptors (Lipinski definition) is 4. The van der Waals surface area contributed by atoms with Crippen molar-refractivity contribution >= 4 is 11.9 Å². The van der Waals surface area contributed by atoms with Crippen LogP contribution >= 0.6 is 0 Å². The van der Waals surface area contributed by atoms with Gasteiger partial charge >= 0.3 is 11.9 Å². The first-order chi connectivity index (χ1) is 12.4. The van der Waals surface area contributed by atoms with Gasteiger partial charge in [-0.25, -0.2) is 0 Å². The molecule has 3 rings (SSSR count). The quantitative estimate of drug-likeness (QED) is 0.576. The fourth-order valence-electron chi connectivity index (χ4n) is 6.52. The minimum atomic E-state index is -1.24. The Morgan fingerprint density at radius 3 is 2.41 bits per heavy atom. The molecule has 0 aromatic carbocycles. The molecule has 0 aromatic heterocycles. The number of aliphatic carboxylic acids is 1. The molecule has 0 bridgehead atoms. The molecule has 2 N–H and O–H groups in total. The molecule has 0 aromatic rings. The highest BCUT2D eigenvalue weighted by molar-refractivity contribution is 5.76. The zero-order chi connectivity index (χ0) is 20.2. The van der Waals surface area contributed by atoms with E-state index in [4.69, 9.17) is 4.74 Å². The second kappa shape index (κ2) is 6.61. The van der Waals surface area contributed by atoms with Crippen LogP contribution in [0.1, 0.15) is 66.7 Å². The molecule has 5 heteroatoms. The van der Waals surface area contributed by atoms with E-state index in [1.54, 1.807) is 13.0 Å². The Bertz CT molecular complexity index is 651. The molecule has 7 unspecified atom stereocenters. The van der Waals surface area contributed by atoms with Crippen molar-refractivity contribution in [3.05, 3.63) is 12.2 Å². The first kappa shape index (κ1) is 20.4. The van der Waals surface area contributed by atoms with Crippen LogP contribution in [0.5, 0.6) is 0 Å². The molecule has 2 saturated carbocycles. The van der Waals surface area contributed by atoms with Gasteiger partial charge in [0.15, 0.2) is 0 Å². The van der Waals surface area contributed by atoms with Crippen molar-refractivity contribution in [2.75, 3.05) is 0 Å². The highest BCUT2D eigenvalue weighted by Crippen LogP contribution is 2.65. The van der Waals surface area contributed by atoms with Crippen LogP contribution in [-0.4, -0.2) is 33.9 Å². The van der Waals surface area contributed by atoms with Crippen LogP contribution in [-0.2, 0) is 14.3 Å². The lowest BCUT2D eigenvalue weighted by Crippen LogP contribution is -2.53. The van der Waals surface area contributed by atoms with Gasteiger partial charge in [-0.3, -0.25) is 9.59 Å². The number of carboxylic acid groups (broad SMARTS) is 1. The van der Waals surface area contributed by atoms with Gasteiger partial charge < -0.3 is 14.9 Å². The van der Waals surface area contributed by atoms with Gasteiger partial charge in [0.1, 0.15) is 11.7 Å². The number of aliphatic hydroxyl groups is 1. The van der Waals surface area contributed by atoms with E-state index in [0.29, 0.717) is 18.8 Å². The molecule has 5 nitrogen and oxygen atoms in total. The van der Waals surface area contributed by atoms with E-state index in [2.05, 4.69) is 20.8 Å². The van der Waals surface area contributed by atoms with Crippen LogP contribution in [0.15, 0.2) is 12.2 Å². The van der Waals surface area contributed by atoms with E-state index in [1.165, 1.54) is 6.92 Å². The molecule has 7 atom stereocenters. The molecule has 0 spiro atoms. The van der Waals surface area contributed by atoms with E-state index in [9.17, 15) is 19.8 Å². The summed E-state index contributed by atoms with van der Waals surface area (Å²) in [4.78, 5) is 24.1. The molecule has 0 amide bonds. The Kier molecular flexibility index (Phi) is 4.99. The minimum absolute atomic E-state index is 0.0595. The summed E-state index contributed by atoms with van der Waals surface area (Å²) in [7, 11) is 0. The maximum absolute atomic E-state index is 12.5. The molecule has 2 fully saturated rings. The minimum Gasteiger partial charge on any atom is -0.481 e. The predicted molar refractivity (Wildman–Crippen MR) is 102 cm³/mol. The monoisotopic (exact) mass is 378 g/mol. The molecule has 3 aliphatic rings. The molecule has 3 aliphatic carbocycles. The Morgan fingerprint density at radius 1 is 1.19 bits per heavy atom. The molecule has 0 heterocycles. The molecule has 152 valence electrons. The summed E-state index contributed by atoms with van der Waals surface area (Å²) in [6.07, 6.45) is 6.99. The van der Waals surface area contributed by atoms with Gasteiger partial charge in [-0.2, -0.15) is 0 Å². The smallest absolute Gasteiger partial charge is 0.310 e. The summed E-state index contributed by atoms with van der Waals surface area (Å²) in [6, 6.07) is 0. The van der Waals surface area contributed by atoms with Crippen molar-refractivity contribution in [3.63, 3.8) is 0 Å². The summed E-state index contributed by atoms with van der Waals surface area (Å²) in [5.74, 6) is -0.408. The Balaban J connectivity index is 2.02. The van der Waals surface area contributed by atoms with Crippen LogP contribution in [0.2, 0.25) is 0 Å². The number of carboxylic acids is 1. The molecule has 0 saturated heterocycles. The van der Waals surface area contributed by atoms with E-state index in [0.717, 1.165) is 19.3 Å². The van der Waals surface area contributed by atoms with Crippen LogP contribution in [0.3, 0.4) is 0 Å². The van der Waals surface area contributed by atoms with Gasteiger partial charge in [-0.15, -0.1) is 0 Å². The highest BCUT2D eigenvalue weighted by atomic mass is 16.6. The lowest BCUT2D eigenvalue weighted by molar-refractivity contribution is -0.169. The number of hydrogen-bond donors (Lipinski definition) is 2. The summed E-state index contributed by atoms with van der Waals surface area (Å²) >= 11 is 0. The third kappa shape index (κ3) is 3.12. The van der Waals surface area contributed by atoms with Crippen LogP contribution in [0.25, 0.3) is 0 Å². The first-order valence-corrected chi connectivity index (χ1v) is 10.3. The number of fused-ring (bicyclic) bond motifs is 3. The zero-order valence-electron chi connectivity index (χ0n) is 17.2. The van der Waals surface area contributed by atoms with Gasteiger partial charge in [0, 0.05) is 6.92 Å². The van der Waals surface area contributed by atoms with Gasteiger partial charge in [-0.1, -0.05) is 32.9 Å². The van der Waals surface area contributed by atoms with E-state index in [1.807, 2.05) is 6.08 Å². The second-order valence-corrected chi connectivity index (χ2v) is 9.95. The maximum Gasteiger partial charge on any atom is 0.310 e. The van der Waals surface area contributed by atoms with Crippen LogP contribution < -0.4 is 0 Å². The average molecular weight is 379 g/mol. The Morgan fingerprint density at radius 2 is 1.85 bits per heavy atom. The topological polar surface area (TPSA) is 83.8 Å². The number of rotatable bonds is 3. The normalized spacial score (nSPS) is 46.5. The van der Waals surface area contributed by atoms with E-state index >= 15 is 0 Å². The van der Waals surface area contributed by atoms with E-state index in [-0.39, 0.29) is 23.2 Å². The lowest BCUT2D eigenvalue weighted by Gasteiger charge is -2.53. The van der Waals surface area contributed by atoms with E-state index < -0.39 is 29.1 Å². The second-order valence-electron chi connectivity index (χ2n) is 9.95. The zero-order valence-corrected chi connectivity index (χ0v) is 17.2. The van der Waals surface area contributed by atoms with Crippen molar-refractivity contribution < 1.29 is 24.5 Å². The predicted octanol–water partition coefficient (Wildman–Crippen LogP) is 3.80. The van der Waals surface area contributed by atoms with Crippen molar-refractivity contribution in [1.82, 2.24) is 0 Å². The Hall–Kier alpha value is -1.36. The van der Waals surface area contributed by atoms with Crippen molar-refractivity contribution in [1.29, 1.82) is 0 Å². The standard InChI is InChI=1S/C22H34O5/c1-13(2)15-6-7-17-16-8-9-21(5,26)18(27-14(3)23)12-20(16,4)10-11-22(15,17)19(24)25/h8-9,13,15-18,26H,6-7,10-12H2,1-5H3,(H,24,25). The fourth-order valence-corrected chi connectivity index (χ4v) is 6.52. The van der Waals surface area contributed by atoms with Crippen LogP contribution in [0.4, 0.5) is 0 Å². The average Bonchev–Trinajstić information content (AvgIpc) is 2.89. The van der Waals surface area contributed by atoms with Gasteiger partial charge in [-0.05, 0) is 68.1 Å². The first-order valence-electron chi connectivity index (χ1n) is 10.3. The van der Waals surface area contributed by atoms with Gasteiger partial charge in [0.25, 0.3) is 0 Å². The lowest BCUT2D eigenvalue weighted by atomic mass is 9.50. The van der Waals surface area contributed by atoms with Crippen molar-refractivity contribution in [2.24, 2.45) is 34.5 Å². The number of allylic oxidation sites excluding steroid dienone is 1. The summed E-state index contributed by atoms with van der Waals surface area (Å²) in [5.41, 5.74) is -2.11. The van der Waals surface area contributed by atoms with Gasteiger partial charge in [0.2, 0.25) is 0 Å². The molecule has 0 aliphatic heterocycles. The maximum atomic E-state index is 12.5. The van der Waals surface area contributed by atoms with Crippen molar-refractivity contribution in [2.45, 2.75) is 78.4 Å². The van der Waals surface area contributed by atoms with Crippen LogP contribution in [0, 0.1) is 34.5 Å².